The highest BCUT2D eigenvalue weighted by molar-refractivity contribution is 5.96. The molecule has 0 aliphatic heterocycles. The van der Waals surface area contributed by atoms with Crippen LogP contribution in [0.25, 0.3) is 0 Å². The van der Waals surface area contributed by atoms with Gasteiger partial charge in [0.05, 0.1) is 23.3 Å². The van der Waals surface area contributed by atoms with Crippen molar-refractivity contribution in [1.29, 1.82) is 0 Å². The lowest BCUT2D eigenvalue weighted by molar-refractivity contribution is -0.119. The van der Waals surface area contributed by atoms with Gasteiger partial charge in [0.2, 0.25) is 0 Å². The summed E-state index contributed by atoms with van der Waals surface area (Å²) in [5.74, 6) is -0.884. The Balaban J connectivity index is 1.83. The van der Waals surface area contributed by atoms with Gasteiger partial charge in [0, 0.05) is 5.69 Å². The summed E-state index contributed by atoms with van der Waals surface area (Å²) in [5.41, 5.74) is 1.18. The van der Waals surface area contributed by atoms with Crippen molar-refractivity contribution >= 4 is 23.5 Å². The molecule has 1 amide bonds. The first-order chi connectivity index (χ1) is 13.7. The minimum Gasteiger partial charge on any atom is -0.491 e. The first-order valence-electron chi connectivity index (χ1n) is 9.29. The minimum absolute atomic E-state index is 0.0337. The van der Waals surface area contributed by atoms with Crippen LogP contribution >= 0.6 is 0 Å². The highest BCUT2D eigenvalue weighted by Crippen LogP contribution is 2.15. The highest BCUT2D eigenvalue weighted by Gasteiger charge is 2.12. The van der Waals surface area contributed by atoms with Gasteiger partial charge < -0.3 is 19.5 Å². The number of hydrogen-bond acceptors (Lipinski definition) is 6. The normalized spacial score (nSPS) is 10.6. The second-order valence-corrected chi connectivity index (χ2v) is 6.85. The Labute approximate surface area is 170 Å². The molecule has 2 aromatic carbocycles. The van der Waals surface area contributed by atoms with Crippen LogP contribution in [0.4, 0.5) is 5.69 Å². The van der Waals surface area contributed by atoms with Gasteiger partial charge in [-0.3, -0.25) is 4.79 Å². The molecule has 0 spiro atoms. The van der Waals surface area contributed by atoms with Crippen LogP contribution in [0.2, 0.25) is 0 Å². The zero-order valence-electron chi connectivity index (χ0n) is 16.9. The molecule has 0 fully saturated rings. The number of carbonyl (C=O) groups is 3. The first kappa shape index (κ1) is 21.9. The van der Waals surface area contributed by atoms with Gasteiger partial charge in [0.15, 0.2) is 6.61 Å². The fourth-order valence-corrected chi connectivity index (χ4v) is 2.33. The van der Waals surface area contributed by atoms with Gasteiger partial charge in [-0.05, 0) is 76.2 Å². The Hall–Kier alpha value is -3.35. The van der Waals surface area contributed by atoms with Crippen LogP contribution in [0.5, 0.6) is 5.75 Å². The quantitative estimate of drug-likeness (QED) is 0.679. The molecule has 7 nitrogen and oxygen atoms in total. The third-order valence-corrected chi connectivity index (χ3v) is 3.54. The predicted octanol–water partition coefficient (Wildman–Crippen LogP) is 3.83. The second-order valence-electron chi connectivity index (χ2n) is 6.85. The maximum atomic E-state index is 12.0. The van der Waals surface area contributed by atoms with Crippen LogP contribution in [0.3, 0.4) is 0 Å². The fourth-order valence-electron chi connectivity index (χ4n) is 2.33. The Morgan fingerprint density at radius 1 is 0.793 bits per heavy atom. The van der Waals surface area contributed by atoms with Gasteiger partial charge in [-0.25, -0.2) is 9.59 Å². The van der Waals surface area contributed by atoms with Gasteiger partial charge >= 0.3 is 11.9 Å². The molecule has 1 N–H and O–H groups in total. The van der Waals surface area contributed by atoms with Crippen molar-refractivity contribution in [3.63, 3.8) is 0 Å². The van der Waals surface area contributed by atoms with E-state index in [4.69, 9.17) is 14.2 Å². The van der Waals surface area contributed by atoms with Crippen LogP contribution < -0.4 is 10.1 Å². The van der Waals surface area contributed by atoms with Crippen LogP contribution in [0, 0.1) is 0 Å². The molecular formula is C22H25NO6. The van der Waals surface area contributed by atoms with Gasteiger partial charge in [0.1, 0.15) is 5.75 Å². The zero-order valence-corrected chi connectivity index (χ0v) is 16.9. The van der Waals surface area contributed by atoms with E-state index >= 15 is 0 Å². The summed E-state index contributed by atoms with van der Waals surface area (Å²) < 4.78 is 15.6. The zero-order chi connectivity index (χ0) is 21.4. The molecule has 154 valence electrons. The van der Waals surface area contributed by atoms with Crippen molar-refractivity contribution in [2.75, 3.05) is 11.9 Å². The molecule has 0 heterocycles. The van der Waals surface area contributed by atoms with Gasteiger partial charge in [-0.2, -0.15) is 0 Å². The molecule has 0 saturated carbocycles. The molecule has 2 aromatic rings. The number of ether oxygens (including phenoxy) is 3. The van der Waals surface area contributed by atoms with Crippen molar-refractivity contribution in [1.82, 2.24) is 0 Å². The lowest BCUT2D eigenvalue weighted by atomic mass is 10.2. The van der Waals surface area contributed by atoms with E-state index in [0.29, 0.717) is 22.6 Å². The lowest BCUT2D eigenvalue weighted by Gasteiger charge is -2.10. The van der Waals surface area contributed by atoms with E-state index < -0.39 is 24.5 Å². The number of carbonyl (C=O) groups excluding carboxylic acids is 3. The molecule has 0 bridgehead atoms. The van der Waals surface area contributed by atoms with Crippen molar-refractivity contribution in [3.05, 3.63) is 59.7 Å². The van der Waals surface area contributed by atoms with E-state index in [9.17, 15) is 14.4 Å². The molecule has 0 saturated heterocycles. The number of rotatable bonds is 8. The second kappa shape index (κ2) is 10.3. The van der Waals surface area contributed by atoms with E-state index in [0.717, 1.165) is 0 Å². The Morgan fingerprint density at radius 2 is 1.34 bits per heavy atom. The number of anilines is 1. The van der Waals surface area contributed by atoms with Crippen LogP contribution in [0.1, 0.15) is 48.4 Å². The highest BCUT2D eigenvalue weighted by atomic mass is 16.5. The molecule has 0 radical (unpaired) electrons. The maximum Gasteiger partial charge on any atom is 0.338 e. The number of nitrogens with one attached hydrogen (secondary N) is 1. The summed E-state index contributed by atoms with van der Waals surface area (Å²) in [5, 5.41) is 2.60. The third kappa shape index (κ3) is 7.29. The van der Waals surface area contributed by atoms with Crippen LogP contribution in [-0.2, 0) is 14.3 Å². The molecule has 0 aromatic heterocycles. The van der Waals surface area contributed by atoms with Crippen molar-refractivity contribution < 1.29 is 28.6 Å². The van der Waals surface area contributed by atoms with E-state index in [-0.39, 0.29) is 12.2 Å². The SMILES string of the molecule is CC(C)OC(=O)c1ccc(NC(=O)COC(=O)c2ccc(OC(C)C)cc2)cc1. The number of benzene rings is 2. The standard InChI is InChI=1S/C22H25NO6/c1-14(2)28-19-11-7-16(8-12-19)21(25)27-13-20(24)23-18-9-5-17(6-10-18)22(26)29-15(3)4/h5-12,14-15H,13H2,1-4H3,(H,23,24). The third-order valence-electron chi connectivity index (χ3n) is 3.54. The van der Waals surface area contributed by atoms with Crippen LogP contribution in [-0.4, -0.2) is 36.7 Å². The molecule has 29 heavy (non-hydrogen) atoms. The summed E-state index contributed by atoms with van der Waals surface area (Å²) in [7, 11) is 0. The first-order valence-corrected chi connectivity index (χ1v) is 9.29. The molecule has 7 heteroatoms. The average Bonchev–Trinajstić information content (AvgIpc) is 2.66. The number of amides is 1. The number of hydrogen-bond donors (Lipinski definition) is 1. The minimum atomic E-state index is -0.608. The Bertz CT molecular complexity index is 841. The lowest BCUT2D eigenvalue weighted by Crippen LogP contribution is -2.21. The maximum absolute atomic E-state index is 12.0. The molecule has 0 unspecified atom stereocenters. The van der Waals surface area contributed by atoms with Crippen LogP contribution in [0.15, 0.2) is 48.5 Å². The smallest absolute Gasteiger partial charge is 0.338 e. The largest absolute Gasteiger partial charge is 0.491 e. The number of esters is 2. The van der Waals surface area contributed by atoms with Gasteiger partial charge in [0.25, 0.3) is 5.91 Å². The average molecular weight is 399 g/mol. The summed E-state index contributed by atoms with van der Waals surface area (Å²) >= 11 is 0. The molecular weight excluding hydrogens is 374 g/mol. The van der Waals surface area contributed by atoms with Gasteiger partial charge in [-0.15, -0.1) is 0 Å². The summed E-state index contributed by atoms with van der Waals surface area (Å²) in [6.07, 6.45) is -0.179. The summed E-state index contributed by atoms with van der Waals surface area (Å²) in [6.45, 7) is 6.92. The van der Waals surface area contributed by atoms with Crippen molar-refractivity contribution in [2.45, 2.75) is 39.9 Å². The monoisotopic (exact) mass is 399 g/mol. The van der Waals surface area contributed by atoms with E-state index in [1.54, 1.807) is 62.4 Å². The van der Waals surface area contributed by atoms with E-state index in [1.807, 2.05) is 13.8 Å². The Kier molecular flexibility index (Phi) is 7.77. The van der Waals surface area contributed by atoms with Crippen molar-refractivity contribution in [2.24, 2.45) is 0 Å². The molecule has 0 aliphatic carbocycles. The summed E-state index contributed by atoms with van der Waals surface area (Å²) in [4.78, 5) is 35.8. The summed E-state index contributed by atoms with van der Waals surface area (Å²) in [6, 6.07) is 12.7. The molecule has 2 rings (SSSR count). The van der Waals surface area contributed by atoms with E-state index in [1.165, 1.54) is 0 Å². The topological polar surface area (TPSA) is 90.9 Å². The Morgan fingerprint density at radius 3 is 1.90 bits per heavy atom. The molecule has 0 atom stereocenters. The van der Waals surface area contributed by atoms with E-state index in [2.05, 4.69) is 5.32 Å². The van der Waals surface area contributed by atoms with Gasteiger partial charge in [-0.1, -0.05) is 0 Å². The molecule has 0 aliphatic rings. The van der Waals surface area contributed by atoms with Crippen molar-refractivity contribution in [3.8, 4) is 5.75 Å². The predicted molar refractivity (Wildman–Crippen MR) is 108 cm³/mol. The fraction of sp³-hybridized carbons (Fsp3) is 0.318.